The van der Waals surface area contributed by atoms with Crippen LogP contribution in [0.3, 0.4) is 0 Å². The van der Waals surface area contributed by atoms with Crippen LogP contribution in [0.15, 0.2) is 6.20 Å². The second kappa shape index (κ2) is 5.93. The van der Waals surface area contributed by atoms with Crippen LogP contribution in [0.2, 0.25) is 0 Å². The number of H-pyrrole nitrogens is 1. The van der Waals surface area contributed by atoms with Crippen molar-refractivity contribution >= 4 is 5.91 Å². The maximum atomic E-state index is 11.9. The van der Waals surface area contributed by atoms with Crippen LogP contribution in [-0.2, 0) is 4.74 Å². The van der Waals surface area contributed by atoms with E-state index in [2.05, 4.69) is 20.4 Å². The van der Waals surface area contributed by atoms with Crippen molar-refractivity contribution in [2.24, 2.45) is 0 Å². The summed E-state index contributed by atoms with van der Waals surface area (Å²) in [6.45, 7) is 2.79. The van der Waals surface area contributed by atoms with Gasteiger partial charge in [0.05, 0.1) is 23.5 Å². The van der Waals surface area contributed by atoms with Gasteiger partial charge in [-0.3, -0.25) is 14.8 Å². The number of aromatic nitrogens is 2. The van der Waals surface area contributed by atoms with Crippen molar-refractivity contribution < 1.29 is 9.53 Å². The van der Waals surface area contributed by atoms with Gasteiger partial charge in [0.15, 0.2) is 0 Å². The SMILES string of the molecule is CNC(=O)c1cn[nH]c1[C@H]1CCCN1C1CCOCC1. The first-order valence-corrected chi connectivity index (χ1v) is 7.40. The van der Waals surface area contributed by atoms with Gasteiger partial charge in [0.2, 0.25) is 0 Å². The number of carbonyl (C=O) groups is 1. The smallest absolute Gasteiger partial charge is 0.254 e. The van der Waals surface area contributed by atoms with Crippen molar-refractivity contribution in [2.45, 2.75) is 37.8 Å². The lowest BCUT2D eigenvalue weighted by molar-refractivity contribution is 0.0283. The minimum Gasteiger partial charge on any atom is -0.381 e. The van der Waals surface area contributed by atoms with Crippen molar-refractivity contribution in [3.63, 3.8) is 0 Å². The van der Waals surface area contributed by atoms with Crippen molar-refractivity contribution in [3.8, 4) is 0 Å². The molecular formula is C14H22N4O2. The molecule has 2 aliphatic rings. The van der Waals surface area contributed by atoms with Crippen LogP contribution in [0, 0.1) is 0 Å². The molecule has 2 fully saturated rings. The van der Waals surface area contributed by atoms with E-state index in [1.807, 2.05) is 0 Å². The predicted octanol–water partition coefficient (Wildman–Crippen LogP) is 1.09. The van der Waals surface area contributed by atoms with Crippen LogP contribution in [0.4, 0.5) is 0 Å². The van der Waals surface area contributed by atoms with E-state index in [1.165, 1.54) is 6.42 Å². The zero-order chi connectivity index (χ0) is 13.9. The van der Waals surface area contributed by atoms with Crippen LogP contribution in [0.5, 0.6) is 0 Å². The normalized spacial score (nSPS) is 24.9. The monoisotopic (exact) mass is 278 g/mol. The highest BCUT2D eigenvalue weighted by atomic mass is 16.5. The fourth-order valence-corrected chi connectivity index (χ4v) is 3.42. The summed E-state index contributed by atoms with van der Waals surface area (Å²) in [5.41, 5.74) is 1.64. The largest absolute Gasteiger partial charge is 0.381 e. The number of amides is 1. The summed E-state index contributed by atoms with van der Waals surface area (Å²) in [6, 6.07) is 0.852. The van der Waals surface area contributed by atoms with Gasteiger partial charge in [-0.05, 0) is 32.2 Å². The molecule has 0 spiro atoms. The van der Waals surface area contributed by atoms with Crippen molar-refractivity contribution in [2.75, 3.05) is 26.8 Å². The zero-order valence-electron chi connectivity index (χ0n) is 11.9. The molecule has 1 atom stereocenters. The minimum atomic E-state index is -0.0624. The van der Waals surface area contributed by atoms with Gasteiger partial charge in [-0.15, -0.1) is 0 Å². The number of likely N-dealkylation sites (tertiary alicyclic amines) is 1. The Bertz CT molecular complexity index is 467. The number of hydrogen-bond acceptors (Lipinski definition) is 4. The Kier molecular flexibility index (Phi) is 4.03. The summed E-state index contributed by atoms with van der Waals surface area (Å²) in [5.74, 6) is -0.0624. The quantitative estimate of drug-likeness (QED) is 0.868. The first-order valence-electron chi connectivity index (χ1n) is 7.40. The highest BCUT2D eigenvalue weighted by Gasteiger charge is 2.35. The third-order valence-corrected chi connectivity index (χ3v) is 4.43. The summed E-state index contributed by atoms with van der Waals surface area (Å²) in [6.07, 6.45) is 6.06. The molecule has 2 N–H and O–H groups in total. The number of rotatable bonds is 3. The molecule has 0 unspecified atom stereocenters. The Hall–Kier alpha value is -1.40. The predicted molar refractivity (Wildman–Crippen MR) is 74.5 cm³/mol. The van der Waals surface area contributed by atoms with Crippen LogP contribution >= 0.6 is 0 Å². The average Bonchev–Trinajstić information content (AvgIpc) is 3.15. The lowest BCUT2D eigenvalue weighted by Gasteiger charge is -2.35. The standard InChI is InChI=1S/C14H22N4O2/c1-15-14(19)11-9-16-17-13(11)12-3-2-6-18(12)10-4-7-20-8-5-10/h9-10,12H,2-8H2,1H3,(H,15,19)(H,16,17)/t12-/m1/s1. The number of nitrogens with zero attached hydrogens (tertiary/aromatic N) is 2. The molecule has 1 aromatic heterocycles. The number of aromatic amines is 1. The second-order valence-electron chi connectivity index (χ2n) is 5.52. The van der Waals surface area contributed by atoms with Crippen LogP contribution < -0.4 is 5.32 Å². The summed E-state index contributed by atoms with van der Waals surface area (Å²) >= 11 is 0. The second-order valence-corrected chi connectivity index (χ2v) is 5.52. The molecule has 6 nitrogen and oxygen atoms in total. The zero-order valence-corrected chi connectivity index (χ0v) is 11.9. The van der Waals surface area contributed by atoms with E-state index in [0.717, 1.165) is 44.7 Å². The van der Waals surface area contributed by atoms with Gasteiger partial charge in [0.1, 0.15) is 0 Å². The van der Waals surface area contributed by atoms with Gasteiger partial charge in [-0.25, -0.2) is 0 Å². The fraction of sp³-hybridized carbons (Fsp3) is 0.714. The maximum absolute atomic E-state index is 11.9. The van der Waals surface area contributed by atoms with E-state index in [9.17, 15) is 4.79 Å². The van der Waals surface area contributed by atoms with Crippen molar-refractivity contribution in [1.82, 2.24) is 20.4 Å². The molecular weight excluding hydrogens is 256 g/mol. The minimum absolute atomic E-state index is 0.0624. The molecule has 0 aromatic carbocycles. The molecule has 0 bridgehead atoms. The van der Waals surface area contributed by atoms with Crippen molar-refractivity contribution in [3.05, 3.63) is 17.5 Å². The van der Waals surface area contributed by atoms with Gasteiger partial charge >= 0.3 is 0 Å². The number of carbonyl (C=O) groups excluding carboxylic acids is 1. The molecule has 2 aliphatic heterocycles. The first kappa shape index (κ1) is 13.6. The summed E-state index contributed by atoms with van der Waals surface area (Å²) in [5, 5.41) is 9.81. The Morgan fingerprint density at radius 3 is 3.00 bits per heavy atom. The molecule has 2 saturated heterocycles. The Balaban J connectivity index is 1.81. The third-order valence-electron chi connectivity index (χ3n) is 4.43. The molecule has 6 heteroatoms. The Labute approximate surface area is 118 Å². The number of hydrogen-bond donors (Lipinski definition) is 2. The van der Waals surface area contributed by atoms with Gasteiger partial charge in [-0.2, -0.15) is 5.10 Å². The average molecular weight is 278 g/mol. The summed E-state index contributed by atoms with van der Waals surface area (Å²) in [7, 11) is 1.66. The molecule has 1 amide bonds. The highest BCUT2D eigenvalue weighted by Crippen LogP contribution is 2.36. The Morgan fingerprint density at radius 2 is 2.25 bits per heavy atom. The third kappa shape index (κ3) is 2.45. The fourth-order valence-electron chi connectivity index (χ4n) is 3.42. The van der Waals surface area contributed by atoms with Gasteiger partial charge in [0.25, 0.3) is 5.91 Å². The van der Waals surface area contributed by atoms with Gasteiger partial charge in [-0.1, -0.05) is 0 Å². The van der Waals surface area contributed by atoms with Crippen LogP contribution in [0.25, 0.3) is 0 Å². The highest BCUT2D eigenvalue weighted by molar-refractivity contribution is 5.95. The molecule has 3 heterocycles. The van der Waals surface area contributed by atoms with E-state index >= 15 is 0 Å². The topological polar surface area (TPSA) is 70.2 Å². The molecule has 1 aromatic rings. The summed E-state index contributed by atoms with van der Waals surface area (Å²) in [4.78, 5) is 14.5. The van der Waals surface area contributed by atoms with E-state index in [1.54, 1.807) is 13.2 Å². The lowest BCUT2D eigenvalue weighted by Crippen LogP contribution is -2.39. The van der Waals surface area contributed by atoms with Crippen LogP contribution in [-0.4, -0.2) is 53.9 Å². The van der Waals surface area contributed by atoms with Crippen molar-refractivity contribution in [1.29, 1.82) is 0 Å². The van der Waals surface area contributed by atoms with E-state index in [0.29, 0.717) is 11.6 Å². The van der Waals surface area contributed by atoms with E-state index in [4.69, 9.17) is 4.74 Å². The van der Waals surface area contributed by atoms with Crippen LogP contribution in [0.1, 0.15) is 47.8 Å². The molecule has 0 saturated carbocycles. The Morgan fingerprint density at radius 1 is 1.45 bits per heavy atom. The molecule has 20 heavy (non-hydrogen) atoms. The van der Waals surface area contributed by atoms with E-state index < -0.39 is 0 Å². The van der Waals surface area contributed by atoms with Gasteiger partial charge < -0.3 is 10.1 Å². The summed E-state index contributed by atoms with van der Waals surface area (Å²) < 4.78 is 5.45. The van der Waals surface area contributed by atoms with Gasteiger partial charge in [0, 0.05) is 26.3 Å². The maximum Gasteiger partial charge on any atom is 0.254 e. The number of nitrogens with one attached hydrogen (secondary N) is 2. The van der Waals surface area contributed by atoms with E-state index in [-0.39, 0.29) is 11.9 Å². The molecule has 0 radical (unpaired) electrons. The molecule has 3 rings (SSSR count). The lowest BCUT2D eigenvalue weighted by atomic mass is 10.0. The molecule has 110 valence electrons. The first-order chi connectivity index (χ1) is 9.81. The number of ether oxygens (including phenoxy) is 1. The molecule has 0 aliphatic carbocycles.